The standard InChI is InChI=1S/C22H25N5O2/c1-24-8-7-15(10-24)3-6-21(28)26-11-17-13-27(14-18(17)12-26)22(29)19-9-20(16-4-5-16)25(2)23-19/h3,6-10,16H,4-5,11-14H2,1-2H3/b6-3+. The summed E-state index contributed by atoms with van der Waals surface area (Å²) in [6, 6.07) is 3.93. The molecule has 2 aliphatic heterocycles. The number of carbonyl (C=O) groups excluding carboxylic acids is 2. The molecule has 0 aromatic carbocycles. The predicted octanol–water partition coefficient (Wildman–Crippen LogP) is 1.94. The molecule has 2 aromatic rings. The molecule has 3 aliphatic rings. The molecule has 1 saturated carbocycles. The normalized spacial score (nSPS) is 19.0. The van der Waals surface area contributed by atoms with Crippen molar-refractivity contribution >= 4 is 17.9 Å². The summed E-state index contributed by atoms with van der Waals surface area (Å²) < 4.78 is 3.80. The molecule has 1 aliphatic carbocycles. The Balaban J connectivity index is 1.19. The monoisotopic (exact) mass is 391 g/mol. The van der Waals surface area contributed by atoms with E-state index >= 15 is 0 Å². The highest BCUT2D eigenvalue weighted by Crippen LogP contribution is 2.40. The molecular weight excluding hydrogens is 366 g/mol. The van der Waals surface area contributed by atoms with Crippen LogP contribution in [0, 0.1) is 0 Å². The SMILES string of the molecule is Cn1ccc(/C=C/C(=O)N2CC3=C(C2)CN(C(=O)c2cc(C4CC4)n(C)n2)C3)c1. The molecule has 0 atom stereocenters. The second-order valence-corrected chi connectivity index (χ2v) is 8.36. The maximum absolute atomic E-state index is 12.9. The zero-order valence-electron chi connectivity index (χ0n) is 16.8. The molecule has 150 valence electrons. The Morgan fingerprint density at radius 3 is 2.38 bits per heavy atom. The van der Waals surface area contributed by atoms with Gasteiger partial charge in [0.25, 0.3) is 5.91 Å². The van der Waals surface area contributed by atoms with Gasteiger partial charge in [-0.3, -0.25) is 14.3 Å². The van der Waals surface area contributed by atoms with Gasteiger partial charge in [0.05, 0.1) is 0 Å². The van der Waals surface area contributed by atoms with Crippen LogP contribution in [0.15, 0.2) is 41.7 Å². The van der Waals surface area contributed by atoms with Crippen LogP contribution >= 0.6 is 0 Å². The van der Waals surface area contributed by atoms with E-state index in [2.05, 4.69) is 5.10 Å². The first kappa shape index (κ1) is 18.0. The van der Waals surface area contributed by atoms with E-state index in [4.69, 9.17) is 0 Å². The van der Waals surface area contributed by atoms with Crippen LogP contribution in [0.2, 0.25) is 0 Å². The lowest BCUT2D eigenvalue weighted by Crippen LogP contribution is -2.36. The predicted molar refractivity (Wildman–Crippen MR) is 109 cm³/mol. The number of hydrogen-bond acceptors (Lipinski definition) is 3. The average Bonchev–Trinajstić information content (AvgIpc) is 3.01. The minimum Gasteiger partial charge on any atom is -0.357 e. The van der Waals surface area contributed by atoms with Crippen molar-refractivity contribution in [3.05, 3.63) is 58.7 Å². The Kier molecular flexibility index (Phi) is 4.19. The third-order valence-electron chi connectivity index (χ3n) is 6.03. The topological polar surface area (TPSA) is 63.4 Å². The van der Waals surface area contributed by atoms with Gasteiger partial charge < -0.3 is 14.4 Å². The van der Waals surface area contributed by atoms with Gasteiger partial charge in [0.2, 0.25) is 5.91 Å². The highest BCUT2D eigenvalue weighted by Gasteiger charge is 2.35. The smallest absolute Gasteiger partial charge is 0.274 e. The van der Waals surface area contributed by atoms with Crippen LogP contribution in [-0.2, 0) is 18.9 Å². The van der Waals surface area contributed by atoms with Crippen LogP contribution in [0.5, 0.6) is 0 Å². The third-order valence-corrected chi connectivity index (χ3v) is 6.03. The number of rotatable bonds is 4. The lowest BCUT2D eigenvalue weighted by molar-refractivity contribution is -0.124. The molecule has 0 unspecified atom stereocenters. The Bertz CT molecular complexity index is 1040. The summed E-state index contributed by atoms with van der Waals surface area (Å²) in [5.74, 6) is 0.572. The van der Waals surface area contributed by atoms with Crippen LogP contribution < -0.4 is 0 Å². The molecule has 7 heteroatoms. The zero-order valence-corrected chi connectivity index (χ0v) is 16.8. The van der Waals surface area contributed by atoms with Gasteiger partial charge in [0.1, 0.15) is 0 Å². The van der Waals surface area contributed by atoms with Crippen LogP contribution in [0.25, 0.3) is 6.08 Å². The second-order valence-electron chi connectivity index (χ2n) is 8.36. The van der Waals surface area contributed by atoms with Crippen molar-refractivity contribution in [2.45, 2.75) is 18.8 Å². The van der Waals surface area contributed by atoms with Gasteiger partial charge in [-0.15, -0.1) is 0 Å². The van der Waals surface area contributed by atoms with Crippen LogP contribution in [0.3, 0.4) is 0 Å². The third kappa shape index (κ3) is 3.41. The van der Waals surface area contributed by atoms with Gasteiger partial charge in [-0.25, -0.2) is 0 Å². The molecule has 0 spiro atoms. The summed E-state index contributed by atoms with van der Waals surface area (Å²) in [6.45, 7) is 2.39. The van der Waals surface area contributed by atoms with Gasteiger partial charge >= 0.3 is 0 Å². The molecule has 1 fully saturated rings. The molecule has 29 heavy (non-hydrogen) atoms. The lowest BCUT2D eigenvalue weighted by Gasteiger charge is -2.21. The molecule has 0 N–H and O–H groups in total. The molecule has 0 radical (unpaired) electrons. The van der Waals surface area contributed by atoms with E-state index in [-0.39, 0.29) is 11.8 Å². The van der Waals surface area contributed by atoms with Crippen molar-refractivity contribution in [2.24, 2.45) is 14.1 Å². The Hall–Kier alpha value is -3.09. The summed E-state index contributed by atoms with van der Waals surface area (Å²) in [7, 11) is 3.87. The molecule has 4 heterocycles. The Morgan fingerprint density at radius 1 is 1.07 bits per heavy atom. The summed E-state index contributed by atoms with van der Waals surface area (Å²) >= 11 is 0. The fourth-order valence-electron chi connectivity index (χ4n) is 4.29. The summed E-state index contributed by atoms with van der Waals surface area (Å²) in [4.78, 5) is 29.1. The molecule has 5 rings (SSSR count). The fourth-order valence-corrected chi connectivity index (χ4v) is 4.29. The van der Waals surface area contributed by atoms with Crippen LogP contribution in [0.1, 0.15) is 40.5 Å². The molecule has 0 saturated heterocycles. The number of carbonyl (C=O) groups is 2. The van der Waals surface area contributed by atoms with Crippen LogP contribution in [-0.4, -0.2) is 62.1 Å². The number of hydrogen-bond donors (Lipinski definition) is 0. The van der Waals surface area contributed by atoms with E-state index < -0.39 is 0 Å². The van der Waals surface area contributed by atoms with E-state index in [1.165, 1.54) is 24.0 Å². The summed E-state index contributed by atoms with van der Waals surface area (Å²) in [6.07, 6.45) is 9.79. The van der Waals surface area contributed by atoms with Gasteiger partial charge in [-0.1, -0.05) is 0 Å². The van der Waals surface area contributed by atoms with Gasteiger partial charge in [-0.2, -0.15) is 5.10 Å². The Morgan fingerprint density at radius 2 is 1.76 bits per heavy atom. The Labute approximate surface area is 169 Å². The average molecular weight is 391 g/mol. The number of aryl methyl sites for hydroxylation is 2. The van der Waals surface area contributed by atoms with Crippen molar-refractivity contribution in [3.63, 3.8) is 0 Å². The van der Waals surface area contributed by atoms with Crippen molar-refractivity contribution in [3.8, 4) is 0 Å². The number of aromatic nitrogens is 3. The molecule has 2 aromatic heterocycles. The largest absolute Gasteiger partial charge is 0.357 e. The van der Waals surface area contributed by atoms with E-state index in [0.717, 1.165) is 11.3 Å². The maximum atomic E-state index is 12.9. The first-order valence-electron chi connectivity index (χ1n) is 10.1. The molecule has 0 bridgehead atoms. The zero-order chi connectivity index (χ0) is 20.1. The van der Waals surface area contributed by atoms with E-state index in [1.54, 1.807) is 6.08 Å². The minimum absolute atomic E-state index is 0.0104. The van der Waals surface area contributed by atoms with Crippen molar-refractivity contribution < 1.29 is 9.59 Å². The van der Waals surface area contributed by atoms with Crippen molar-refractivity contribution in [1.29, 1.82) is 0 Å². The maximum Gasteiger partial charge on any atom is 0.274 e. The van der Waals surface area contributed by atoms with Crippen molar-refractivity contribution in [2.75, 3.05) is 26.2 Å². The van der Waals surface area contributed by atoms with Gasteiger partial charge in [-0.05, 0) is 47.8 Å². The molecule has 2 amide bonds. The van der Waals surface area contributed by atoms with E-state index in [9.17, 15) is 9.59 Å². The first-order valence-corrected chi connectivity index (χ1v) is 10.1. The quantitative estimate of drug-likeness (QED) is 0.591. The number of amides is 2. The fraction of sp³-hybridized carbons (Fsp3) is 0.409. The molecule has 7 nitrogen and oxygen atoms in total. The second kappa shape index (κ2) is 6.76. The van der Waals surface area contributed by atoms with Gasteiger partial charge in [0.15, 0.2) is 5.69 Å². The first-order chi connectivity index (χ1) is 14.0. The van der Waals surface area contributed by atoms with Crippen LogP contribution in [0.4, 0.5) is 0 Å². The highest BCUT2D eigenvalue weighted by atomic mass is 16.2. The molecular formula is C22H25N5O2. The van der Waals surface area contributed by atoms with E-state index in [1.807, 2.05) is 63.7 Å². The lowest BCUT2D eigenvalue weighted by atomic mass is 10.2. The van der Waals surface area contributed by atoms with E-state index in [0.29, 0.717) is 37.8 Å². The van der Waals surface area contributed by atoms with Gasteiger partial charge in [0, 0.05) is 70.4 Å². The highest BCUT2D eigenvalue weighted by molar-refractivity contribution is 5.94. The summed E-state index contributed by atoms with van der Waals surface area (Å²) in [5, 5.41) is 4.44. The van der Waals surface area contributed by atoms with Crippen molar-refractivity contribution in [1.82, 2.24) is 24.1 Å². The summed E-state index contributed by atoms with van der Waals surface area (Å²) in [5.41, 5.74) is 5.10. The minimum atomic E-state index is -0.0104. The number of nitrogens with zero attached hydrogens (tertiary/aromatic N) is 5.